The summed E-state index contributed by atoms with van der Waals surface area (Å²) in [6.45, 7) is 6.19. The molecule has 80 valence electrons. The van der Waals surface area contributed by atoms with Crippen molar-refractivity contribution < 1.29 is 4.42 Å². The zero-order valence-corrected chi connectivity index (χ0v) is 9.37. The zero-order chi connectivity index (χ0) is 10.8. The normalized spacial score (nSPS) is 13.0. The monoisotopic (exact) mass is 204 g/mol. The number of rotatable bonds is 3. The summed E-state index contributed by atoms with van der Waals surface area (Å²) in [6.07, 6.45) is 1.11. The first kappa shape index (κ1) is 10.0. The molecule has 0 saturated carbocycles. The number of aromatic nitrogens is 1. The molecule has 1 aromatic heterocycles. The third-order valence-corrected chi connectivity index (χ3v) is 2.52. The Hall–Kier alpha value is -1.51. The molecule has 0 spiro atoms. The van der Waals surface area contributed by atoms with Crippen molar-refractivity contribution in [2.75, 3.05) is 5.32 Å². The molecule has 1 atom stereocenters. The molecule has 1 N–H and O–H groups in total. The van der Waals surface area contributed by atoms with E-state index in [-0.39, 0.29) is 0 Å². The number of benzene rings is 1. The zero-order valence-electron chi connectivity index (χ0n) is 9.37. The third-order valence-electron chi connectivity index (χ3n) is 2.52. The summed E-state index contributed by atoms with van der Waals surface area (Å²) >= 11 is 0. The molecule has 3 nitrogen and oxygen atoms in total. The lowest BCUT2D eigenvalue weighted by molar-refractivity contribution is 0.561. The Balaban J connectivity index is 2.30. The van der Waals surface area contributed by atoms with Crippen molar-refractivity contribution in [2.24, 2.45) is 0 Å². The molecule has 0 aliphatic carbocycles. The van der Waals surface area contributed by atoms with Crippen molar-refractivity contribution in [3.05, 3.63) is 24.1 Å². The van der Waals surface area contributed by atoms with Crippen LogP contribution in [0.25, 0.3) is 11.1 Å². The maximum absolute atomic E-state index is 5.42. The molecular formula is C12H16N2O. The van der Waals surface area contributed by atoms with Crippen molar-refractivity contribution in [1.82, 2.24) is 4.98 Å². The summed E-state index contributed by atoms with van der Waals surface area (Å²) in [4.78, 5) is 4.30. The quantitative estimate of drug-likeness (QED) is 0.833. The van der Waals surface area contributed by atoms with E-state index in [1.54, 1.807) is 0 Å². The van der Waals surface area contributed by atoms with Crippen LogP contribution in [0.4, 0.5) is 5.69 Å². The summed E-state index contributed by atoms with van der Waals surface area (Å²) in [5, 5.41) is 3.41. The number of nitrogens with zero attached hydrogens (tertiary/aromatic N) is 1. The minimum Gasteiger partial charge on any atom is -0.441 e. The van der Waals surface area contributed by atoms with Gasteiger partial charge >= 0.3 is 0 Å². The van der Waals surface area contributed by atoms with E-state index in [0.29, 0.717) is 11.9 Å². The molecule has 1 heterocycles. The summed E-state index contributed by atoms with van der Waals surface area (Å²) in [6, 6.07) is 6.49. The first-order chi connectivity index (χ1) is 7.19. The average Bonchev–Trinajstić information content (AvgIpc) is 2.57. The molecule has 0 bridgehead atoms. The molecule has 2 rings (SSSR count). The van der Waals surface area contributed by atoms with Crippen LogP contribution in [0.3, 0.4) is 0 Å². The van der Waals surface area contributed by atoms with Crippen molar-refractivity contribution in [1.29, 1.82) is 0 Å². The molecule has 3 heteroatoms. The van der Waals surface area contributed by atoms with Crippen LogP contribution in [0.2, 0.25) is 0 Å². The number of anilines is 1. The van der Waals surface area contributed by atoms with Gasteiger partial charge in [0.25, 0.3) is 0 Å². The second-order valence-electron chi connectivity index (χ2n) is 3.87. The Kier molecular flexibility index (Phi) is 2.62. The first-order valence-corrected chi connectivity index (χ1v) is 5.32. The van der Waals surface area contributed by atoms with Gasteiger partial charge in [-0.25, -0.2) is 4.98 Å². The molecule has 0 aliphatic rings. The molecule has 0 amide bonds. The Morgan fingerprint density at radius 2 is 2.27 bits per heavy atom. The van der Waals surface area contributed by atoms with Crippen LogP contribution in [-0.2, 0) is 0 Å². The lowest BCUT2D eigenvalue weighted by atomic mass is 10.2. The van der Waals surface area contributed by atoms with Crippen LogP contribution in [0.1, 0.15) is 26.2 Å². The molecule has 1 aromatic carbocycles. The predicted octanol–water partition coefficient (Wildman–Crippen LogP) is 3.35. The smallest absolute Gasteiger partial charge is 0.192 e. The van der Waals surface area contributed by atoms with Gasteiger partial charge in [-0.2, -0.15) is 0 Å². The van der Waals surface area contributed by atoms with Gasteiger partial charge in [0.15, 0.2) is 11.5 Å². The molecule has 0 fully saturated rings. The number of fused-ring (bicyclic) bond motifs is 1. The minimum absolute atomic E-state index is 0.482. The van der Waals surface area contributed by atoms with Crippen LogP contribution in [0.15, 0.2) is 22.6 Å². The van der Waals surface area contributed by atoms with Gasteiger partial charge in [-0.3, -0.25) is 0 Å². The van der Waals surface area contributed by atoms with Gasteiger partial charge in [0.05, 0.1) is 0 Å². The highest BCUT2D eigenvalue weighted by Gasteiger charge is 2.04. The minimum atomic E-state index is 0.482. The Bertz CT molecular complexity index is 462. The van der Waals surface area contributed by atoms with Gasteiger partial charge in [-0.15, -0.1) is 0 Å². The van der Waals surface area contributed by atoms with Gasteiger partial charge in [-0.1, -0.05) is 6.92 Å². The average molecular weight is 204 g/mol. The van der Waals surface area contributed by atoms with Crippen LogP contribution < -0.4 is 5.32 Å². The van der Waals surface area contributed by atoms with E-state index in [9.17, 15) is 0 Å². The Labute approximate surface area is 89.5 Å². The Morgan fingerprint density at radius 3 is 3.00 bits per heavy atom. The van der Waals surface area contributed by atoms with Crippen LogP contribution in [0, 0.1) is 6.92 Å². The van der Waals surface area contributed by atoms with Crippen molar-refractivity contribution in [3.63, 3.8) is 0 Å². The number of nitrogens with one attached hydrogen (secondary N) is 1. The maximum Gasteiger partial charge on any atom is 0.192 e. The fourth-order valence-electron chi connectivity index (χ4n) is 1.52. The van der Waals surface area contributed by atoms with Gasteiger partial charge in [0.1, 0.15) is 5.52 Å². The third kappa shape index (κ3) is 2.12. The van der Waals surface area contributed by atoms with Crippen molar-refractivity contribution in [3.8, 4) is 0 Å². The molecule has 2 aromatic rings. The summed E-state index contributed by atoms with van der Waals surface area (Å²) < 4.78 is 5.42. The fraction of sp³-hybridized carbons (Fsp3) is 0.417. The molecule has 0 saturated heterocycles. The van der Waals surface area contributed by atoms with Crippen LogP contribution >= 0.6 is 0 Å². The first-order valence-electron chi connectivity index (χ1n) is 5.32. The number of oxazole rings is 1. The van der Waals surface area contributed by atoms with Gasteiger partial charge in [0, 0.05) is 18.7 Å². The second-order valence-corrected chi connectivity index (χ2v) is 3.87. The van der Waals surface area contributed by atoms with E-state index < -0.39 is 0 Å². The lowest BCUT2D eigenvalue weighted by Gasteiger charge is -2.12. The van der Waals surface area contributed by atoms with Crippen LogP contribution in [0.5, 0.6) is 0 Å². The highest BCUT2D eigenvalue weighted by molar-refractivity contribution is 5.77. The standard InChI is InChI=1S/C12H16N2O/c1-4-8(2)13-10-5-6-12-11(7-10)14-9(3)15-12/h5-8,13H,4H2,1-3H3. The summed E-state index contributed by atoms with van der Waals surface area (Å²) in [5.74, 6) is 0.714. The summed E-state index contributed by atoms with van der Waals surface area (Å²) in [7, 11) is 0. The number of aryl methyl sites for hydroxylation is 1. The van der Waals surface area contributed by atoms with Gasteiger partial charge in [0.2, 0.25) is 0 Å². The van der Waals surface area contributed by atoms with Gasteiger partial charge < -0.3 is 9.73 Å². The molecular weight excluding hydrogens is 188 g/mol. The van der Waals surface area contributed by atoms with E-state index in [1.165, 1.54) is 0 Å². The van der Waals surface area contributed by atoms with E-state index in [4.69, 9.17) is 4.42 Å². The summed E-state index contributed by atoms with van der Waals surface area (Å²) in [5.41, 5.74) is 2.87. The van der Waals surface area contributed by atoms with Gasteiger partial charge in [-0.05, 0) is 31.5 Å². The van der Waals surface area contributed by atoms with E-state index >= 15 is 0 Å². The highest BCUT2D eigenvalue weighted by atomic mass is 16.3. The molecule has 1 unspecified atom stereocenters. The largest absolute Gasteiger partial charge is 0.441 e. The second kappa shape index (κ2) is 3.93. The predicted molar refractivity (Wildman–Crippen MR) is 62.1 cm³/mol. The number of hydrogen-bond donors (Lipinski definition) is 1. The Morgan fingerprint density at radius 1 is 1.47 bits per heavy atom. The van der Waals surface area contributed by atoms with E-state index in [1.807, 2.05) is 25.1 Å². The molecule has 0 radical (unpaired) electrons. The molecule has 15 heavy (non-hydrogen) atoms. The molecule has 0 aliphatic heterocycles. The van der Waals surface area contributed by atoms with Crippen LogP contribution in [-0.4, -0.2) is 11.0 Å². The topological polar surface area (TPSA) is 38.1 Å². The van der Waals surface area contributed by atoms with Crippen molar-refractivity contribution in [2.45, 2.75) is 33.2 Å². The van der Waals surface area contributed by atoms with E-state index in [0.717, 1.165) is 23.2 Å². The highest BCUT2D eigenvalue weighted by Crippen LogP contribution is 2.20. The lowest BCUT2D eigenvalue weighted by Crippen LogP contribution is -2.12. The fourth-order valence-corrected chi connectivity index (χ4v) is 1.52. The maximum atomic E-state index is 5.42. The number of hydrogen-bond acceptors (Lipinski definition) is 3. The SMILES string of the molecule is CCC(C)Nc1ccc2oc(C)nc2c1. The van der Waals surface area contributed by atoms with Crippen molar-refractivity contribution >= 4 is 16.8 Å². The van der Waals surface area contributed by atoms with E-state index in [2.05, 4.69) is 24.1 Å².